The molecule has 0 radical (unpaired) electrons. The van der Waals surface area contributed by atoms with Crippen molar-refractivity contribution >= 4 is 22.8 Å². The molecule has 3 aromatic heterocycles. The number of H-pyrrole nitrogens is 2. The van der Waals surface area contributed by atoms with Gasteiger partial charge < -0.3 is 9.88 Å². The monoisotopic (exact) mass is 418 g/mol. The molecule has 0 spiro atoms. The molecule has 0 saturated heterocycles. The van der Waals surface area contributed by atoms with E-state index >= 15 is 0 Å². The summed E-state index contributed by atoms with van der Waals surface area (Å²) in [5.41, 5.74) is 6.26. The molecule has 31 heavy (non-hydrogen) atoms. The lowest BCUT2D eigenvalue weighted by molar-refractivity contribution is -0.119. The number of amides is 1. The van der Waals surface area contributed by atoms with Crippen LogP contribution < -0.4 is 4.90 Å². The molecule has 3 aromatic rings. The molecular weight excluding hydrogens is 388 g/mol. The van der Waals surface area contributed by atoms with E-state index in [1.807, 2.05) is 13.1 Å². The summed E-state index contributed by atoms with van der Waals surface area (Å²) in [4.78, 5) is 27.2. The van der Waals surface area contributed by atoms with E-state index in [0.29, 0.717) is 23.4 Å². The fourth-order valence-electron chi connectivity index (χ4n) is 5.76. The van der Waals surface area contributed by atoms with Crippen molar-refractivity contribution in [3.63, 3.8) is 0 Å². The molecule has 2 atom stereocenters. The average molecular weight is 419 g/mol. The molecule has 2 saturated carbocycles. The highest BCUT2D eigenvalue weighted by Gasteiger charge is 2.53. The lowest BCUT2D eigenvalue weighted by Gasteiger charge is -2.24. The molecule has 3 aliphatic rings. The standard InChI is InChI=1S/C24H30N6O/c1-24-11-15(24)9-17-19(12-24)28-29-21(17)23-26-18-10-16(13-25-22(18)27-23)30(2)20(31)8-14-6-4-3-5-7-14/h10,13-15H,3-9,11-12H2,1-2H3,(H,28,29)(H,25,26,27)/t15?,24-/m1/s1. The Morgan fingerprint density at radius 3 is 2.97 bits per heavy atom. The lowest BCUT2D eigenvalue weighted by Crippen LogP contribution is -2.28. The highest BCUT2D eigenvalue weighted by atomic mass is 16.2. The van der Waals surface area contributed by atoms with Gasteiger partial charge in [-0.25, -0.2) is 9.97 Å². The summed E-state index contributed by atoms with van der Waals surface area (Å²) in [5, 5.41) is 7.84. The number of anilines is 1. The highest BCUT2D eigenvalue weighted by molar-refractivity contribution is 5.94. The number of aromatic amines is 2. The minimum atomic E-state index is 0.168. The van der Waals surface area contributed by atoms with Crippen molar-refractivity contribution in [2.45, 2.75) is 64.7 Å². The highest BCUT2D eigenvalue weighted by Crippen LogP contribution is 2.59. The fraction of sp³-hybridized carbons (Fsp3) is 0.583. The van der Waals surface area contributed by atoms with Crippen molar-refractivity contribution < 1.29 is 4.79 Å². The van der Waals surface area contributed by atoms with E-state index in [-0.39, 0.29) is 5.91 Å². The summed E-state index contributed by atoms with van der Waals surface area (Å²) in [6.45, 7) is 2.37. The maximum Gasteiger partial charge on any atom is 0.227 e. The average Bonchev–Trinajstić information content (AvgIpc) is 3.08. The molecule has 2 N–H and O–H groups in total. The van der Waals surface area contributed by atoms with Gasteiger partial charge in [-0.1, -0.05) is 26.2 Å². The van der Waals surface area contributed by atoms with Gasteiger partial charge in [-0.15, -0.1) is 0 Å². The number of imidazole rings is 1. The smallest absolute Gasteiger partial charge is 0.227 e. The molecule has 3 heterocycles. The van der Waals surface area contributed by atoms with Crippen LogP contribution in [-0.4, -0.2) is 38.1 Å². The van der Waals surface area contributed by atoms with E-state index in [4.69, 9.17) is 4.98 Å². The van der Waals surface area contributed by atoms with Crippen LogP contribution in [0.15, 0.2) is 12.3 Å². The van der Waals surface area contributed by atoms with E-state index in [0.717, 1.165) is 41.5 Å². The lowest BCUT2D eigenvalue weighted by atomic mass is 9.86. The van der Waals surface area contributed by atoms with Gasteiger partial charge in [0.2, 0.25) is 5.91 Å². The van der Waals surface area contributed by atoms with Gasteiger partial charge in [0.05, 0.1) is 17.4 Å². The van der Waals surface area contributed by atoms with Crippen LogP contribution in [0, 0.1) is 17.3 Å². The molecule has 2 fully saturated rings. The molecule has 6 rings (SSSR count). The Labute approximate surface area is 182 Å². The summed E-state index contributed by atoms with van der Waals surface area (Å²) < 4.78 is 0. The Morgan fingerprint density at radius 2 is 2.13 bits per heavy atom. The van der Waals surface area contributed by atoms with Crippen LogP contribution in [-0.2, 0) is 17.6 Å². The van der Waals surface area contributed by atoms with Crippen LogP contribution in [0.25, 0.3) is 22.7 Å². The van der Waals surface area contributed by atoms with E-state index in [9.17, 15) is 4.79 Å². The summed E-state index contributed by atoms with van der Waals surface area (Å²) in [6.07, 6.45) is 12.0. The van der Waals surface area contributed by atoms with Crippen molar-refractivity contribution in [2.75, 3.05) is 11.9 Å². The van der Waals surface area contributed by atoms with Crippen molar-refractivity contribution in [2.24, 2.45) is 17.3 Å². The largest absolute Gasteiger partial charge is 0.335 e. The SMILES string of the molecule is CN(C(=O)CC1CCCCC1)c1cnc2nc(-c3n[nH]c4c3CC3C[C@]3(C)C4)[nH]c2c1. The van der Waals surface area contributed by atoms with Gasteiger partial charge in [-0.3, -0.25) is 9.89 Å². The molecule has 0 aliphatic heterocycles. The number of carbonyl (C=O) groups is 1. The minimum absolute atomic E-state index is 0.168. The molecule has 0 bridgehead atoms. The molecule has 7 nitrogen and oxygen atoms in total. The van der Waals surface area contributed by atoms with Crippen molar-refractivity contribution in [1.82, 2.24) is 25.1 Å². The van der Waals surface area contributed by atoms with Gasteiger partial charge in [-0.05, 0) is 55.4 Å². The summed E-state index contributed by atoms with van der Waals surface area (Å²) in [5.74, 6) is 2.23. The number of pyridine rings is 1. The molecule has 3 aliphatic carbocycles. The van der Waals surface area contributed by atoms with E-state index in [2.05, 4.69) is 27.1 Å². The molecule has 0 aromatic carbocycles. The number of nitrogens with one attached hydrogen (secondary N) is 2. The van der Waals surface area contributed by atoms with Crippen LogP contribution in [0.3, 0.4) is 0 Å². The molecule has 1 amide bonds. The second kappa shape index (κ2) is 6.90. The Morgan fingerprint density at radius 1 is 1.29 bits per heavy atom. The van der Waals surface area contributed by atoms with Crippen molar-refractivity contribution in [1.29, 1.82) is 0 Å². The van der Waals surface area contributed by atoms with Crippen LogP contribution in [0.4, 0.5) is 5.69 Å². The van der Waals surface area contributed by atoms with E-state index in [1.165, 1.54) is 49.8 Å². The molecular formula is C24H30N6O. The number of hydrogen-bond acceptors (Lipinski definition) is 4. The fourth-order valence-corrected chi connectivity index (χ4v) is 5.76. The van der Waals surface area contributed by atoms with Crippen LogP contribution in [0.1, 0.15) is 63.1 Å². The first-order valence-corrected chi connectivity index (χ1v) is 11.7. The van der Waals surface area contributed by atoms with E-state index < -0.39 is 0 Å². The van der Waals surface area contributed by atoms with Gasteiger partial charge >= 0.3 is 0 Å². The zero-order valence-corrected chi connectivity index (χ0v) is 18.4. The van der Waals surface area contributed by atoms with Crippen LogP contribution in [0.2, 0.25) is 0 Å². The first-order chi connectivity index (χ1) is 15.0. The van der Waals surface area contributed by atoms with Crippen molar-refractivity contribution in [3.8, 4) is 11.5 Å². The van der Waals surface area contributed by atoms with Gasteiger partial charge in [0.25, 0.3) is 0 Å². The Kier molecular flexibility index (Phi) is 4.24. The minimum Gasteiger partial charge on any atom is -0.335 e. The third-order valence-electron chi connectivity index (χ3n) is 8.02. The van der Waals surface area contributed by atoms with Gasteiger partial charge in [0.15, 0.2) is 11.5 Å². The second-order valence-corrected chi connectivity index (χ2v) is 10.3. The third kappa shape index (κ3) is 3.25. The molecule has 1 unspecified atom stereocenters. The Bertz CT molecular complexity index is 1160. The number of carbonyl (C=O) groups excluding carboxylic acids is 1. The van der Waals surface area contributed by atoms with Gasteiger partial charge in [0.1, 0.15) is 5.69 Å². The summed E-state index contributed by atoms with van der Waals surface area (Å²) in [7, 11) is 1.85. The zero-order valence-electron chi connectivity index (χ0n) is 18.4. The maximum absolute atomic E-state index is 12.8. The maximum atomic E-state index is 12.8. The number of nitrogens with zero attached hydrogens (tertiary/aromatic N) is 4. The zero-order chi connectivity index (χ0) is 21.2. The van der Waals surface area contributed by atoms with Crippen molar-refractivity contribution in [3.05, 3.63) is 23.5 Å². The Hall–Kier alpha value is -2.70. The first-order valence-electron chi connectivity index (χ1n) is 11.7. The third-order valence-corrected chi connectivity index (χ3v) is 8.02. The van der Waals surface area contributed by atoms with Gasteiger partial charge in [0, 0.05) is 24.7 Å². The predicted octanol–water partition coefficient (Wildman–Crippen LogP) is 4.41. The van der Waals surface area contributed by atoms with E-state index in [1.54, 1.807) is 11.1 Å². The quantitative estimate of drug-likeness (QED) is 0.657. The summed E-state index contributed by atoms with van der Waals surface area (Å²) in [6, 6.07) is 1.98. The number of aromatic nitrogens is 5. The van der Waals surface area contributed by atoms with Crippen LogP contribution in [0.5, 0.6) is 0 Å². The molecule has 162 valence electrons. The topological polar surface area (TPSA) is 90.6 Å². The summed E-state index contributed by atoms with van der Waals surface area (Å²) >= 11 is 0. The molecule has 7 heteroatoms. The van der Waals surface area contributed by atoms with Gasteiger partial charge in [-0.2, -0.15) is 5.10 Å². The van der Waals surface area contributed by atoms with Crippen LogP contribution >= 0.6 is 0 Å². The number of hydrogen-bond donors (Lipinski definition) is 2. The predicted molar refractivity (Wildman–Crippen MR) is 120 cm³/mol. The number of fused-ring (bicyclic) bond motifs is 3. The normalized spacial score (nSPS) is 25.3. The Balaban J connectivity index is 1.24. The number of rotatable bonds is 4. The second-order valence-electron chi connectivity index (χ2n) is 10.3. The first kappa shape index (κ1) is 19.0.